The van der Waals surface area contributed by atoms with Gasteiger partial charge in [0, 0.05) is 11.1 Å². The van der Waals surface area contributed by atoms with Gasteiger partial charge in [-0.2, -0.15) is 26.3 Å². The van der Waals surface area contributed by atoms with Crippen LogP contribution in [0.2, 0.25) is 0 Å². The second kappa shape index (κ2) is 10.9. The molecule has 6 nitrogen and oxygen atoms in total. The average molecular weight is 518 g/mol. The van der Waals surface area contributed by atoms with Crippen LogP contribution in [0.5, 0.6) is 5.75 Å². The van der Waals surface area contributed by atoms with Gasteiger partial charge in [0.15, 0.2) is 5.13 Å². The monoisotopic (exact) mass is 518 g/mol. The van der Waals surface area contributed by atoms with Gasteiger partial charge in [0.25, 0.3) is 5.91 Å². The molecule has 0 fully saturated rings. The van der Waals surface area contributed by atoms with Gasteiger partial charge in [0.1, 0.15) is 17.1 Å². The van der Waals surface area contributed by atoms with Crippen LogP contribution in [0.3, 0.4) is 0 Å². The van der Waals surface area contributed by atoms with E-state index in [2.05, 4.69) is 20.6 Å². The summed E-state index contributed by atoms with van der Waals surface area (Å²) in [6, 6.07) is 5.28. The lowest BCUT2D eigenvalue weighted by Crippen LogP contribution is -2.14. The van der Waals surface area contributed by atoms with Crippen LogP contribution >= 0.6 is 11.3 Å². The molecule has 0 saturated heterocycles. The van der Waals surface area contributed by atoms with E-state index in [-0.39, 0.29) is 34.6 Å². The van der Waals surface area contributed by atoms with Crippen molar-refractivity contribution in [1.29, 1.82) is 0 Å². The minimum Gasteiger partial charge on any atom is -0.493 e. The second-order valence-electron chi connectivity index (χ2n) is 7.31. The number of halogens is 6. The zero-order valence-corrected chi connectivity index (χ0v) is 19.1. The van der Waals surface area contributed by atoms with E-state index < -0.39 is 29.5 Å². The van der Waals surface area contributed by atoms with Crippen LogP contribution in [0.15, 0.2) is 41.9 Å². The van der Waals surface area contributed by atoms with Crippen molar-refractivity contribution in [3.63, 3.8) is 0 Å². The van der Waals surface area contributed by atoms with Crippen LogP contribution in [0, 0.1) is 0 Å². The van der Waals surface area contributed by atoms with E-state index in [9.17, 15) is 31.1 Å². The fraction of sp³-hybridized carbons (Fsp3) is 0.318. The Bertz CT molecular complexity index is 1150. The van der Waals surface area contributed by atoms with Crippen molar-refractivity contribution in [2.75, 3.05) is 17.2 Å². The highest BCUT2D eigenvalue weighted by Crippen LogP contribution is 2.38. The Kier molecular flexibility index (Phi) is 8.20. The summed E-state index contributed by atoms with van der Waals surface area (Å²) < 4.78 is 83.6. The van der Waals surface area contributed by atoms with Crippen LogP contribution in [0.1, 0.15) is 47.9 Å². The third kappa shape index (κ3) is 7.31. The fourth-order valence-electron chi connectivity index (χ4n) is 2.88. The molecule has 0 bridgehead atoms. The Balaban J connectivity index is 1.68. The van der Waals surface area contributed by atoms with E-state index in [1.54, 1.807) is 0 Å². The van der Waals surface area contributed by atoms with Gasteiger partial charge in [-0.1, -0.05) is 19.8 Å². The molecule has 2 aromatic heterocycles. The molecule has 1 amide bonds. The molecule has 13 heteroatoms. The number of benzene rings is 1. The number of carbonyl (C=O) groups is 1. The highest BCUT2D eigenvalue weighted by molar-refractivity contribution is 7.14. The van der Waals surface area contributed by atoms with Crippen molar-refractivity contribution in [1.82, 2.24) is 9.97 Å². The number of hydrogen-bond donors (Lipinski definition) is 2. The minimum atomic E-state index is -4.64. The highest BCUT2D eigenvalue weighted by atomic mass is 32.1. The van der Waals surface area contributed by atoms with Gasteiger partial charge in [0.05, 0.1) is 24.1 Å². The molecule has 2 N–H and O–H groups in total. The minimum absolute atomic E-state index is 0.0230. The first-order valence-corrected chi connectivity index (χ1v) is 11.3. The molecule has 1 aromatic carbocycles. The third-order valence-electron chi connectivity index (χ3n) is 4.59. The summed E-state index contributed by atoms with van der Waals surface area (Å²) in [4.78, 5) is 19.6. The summed E-state index contributed by atoms with van der Waals surface area (Å²) in [5.74, 6) is -0.994. The number of hydrogen-bond acceptors (Lipinski definition) is 6. The zero-order valence-electron chi connectivity index (χ0n) is 18.3. The van der Waals surface area contributed by atoms with E-state index in [1.807, 2.05) is 6.92 Å². The Hall–Kier alpha value is -3.35. The molecule has 3 aromatic rings. The lowest BCUT2D eigenvalue weighted by Gasteiger charge is -2.15. The topological polar surface area (TPSA) is 76.1 Å². The molecule has 0 aliphatic rings. The number of anilines is 3. The van der Waals surface area contributed by atoms with Gasteiger partial charge >= 0.3 is 12.4 Å². The number of aromatic nitrogens is 2. The molecule has 0 aliphatic carbocycles. The van der Waals surface area contributed by atoms with Crippen LogP contribution in [-0.4, -0.2) is 22.5 Å². The maximum absolute atomic E-state index is 13.5. The molecular weight excluding hydrogens is 498 g/mol. The normalized spacial score (nSPS) is 11.9. The number of pyridine rings is 1. The van der Waals surface area contributed by atoms with Crippen molar-refractivity contribution in [2.45, 2.75) is 38.5 Å². The summed E-state index contributed by atoms with van der Waals surface area (Å²) in [6.07, 6.45) is -5.99. The van der Waals surface area contributed by atoms with Crippen molar-refractivity contribution >= 4 is 33.8 Å². The van der Waals surface area contributed by atoms with Gasteiger partial charge in [-0.3, -0.25) is 4.79 Å². The number of thiazole rings is 1. The number of nitrogens with zero attached hydrogens (tertiary/aromatic N) is 2. The van der Waals surface area contributed by atoms with Crippen LogP contribution in [-0.2, 0) is 12.4 Å². The first-order chi connectivity index (χ1) is 16.5. The molecule has 0 aliphatic heterocycles. The van der Waals surface area contributed by atoms with E-state index in [0.717, 1.165) is 48.6 Å². The fourth-order valence-corrected chi connectivity index (χ4v) is 3.59. The number of nitrogens with one attached hydrogen (secondary N) is 2. The summed E-state index contributed by atoms with van der Waals surface area (Å²) >= 11 is 0.966. The predicted molar refractivity (Wildman–Crippen MR) is 119 cm³/mol. The number of ether oxygens (including phenoxy) is 1. The first-order valence-electron chi connectivity index (χ1n) is 10.4. The highest BCUT2D eigenvalue weighted by Gasteiger charge is 2.35. The van der Waals surface area contributed by atoms with Gasteiger partial charge in [0.2, 0.25) is 0 Å². The van der Waals surface area contributed by atoms with Crippen LogP contribution in [0.4, 0.5) is 42.8 Å². The van der Waals surface area contributed by atoms with Crippen molar-refractivity contribution in [3.8, 4) is 5.75 Å². The molecule has 0 atom stereocenters. The average Bonchev–Trinajstić information content (AvgIpc) is 3.25. The number of alkyl halides is 6. The third-order valence-corrected chi connectivity index (χ3v) is 5.35. The number of carbonyl (C=O) groups excluding carboxylic acids is 1. The number of unbranched alkanes of at least 4 members (excludes halogenated alkanes) is 2. The maximum atomic E-state index is 13.5. The standard InChI is InChI=1S/C22H20F6N4O2S/c1-2-3-4-9-34-17-7-5-13(10-15(17)21(23,24)25)31-20-32-16(12-35-20)19(33)30-14-6-8-18(29-11-14)22(26,27)28/h5-8,10-12H,2-4,9H2,1H3,(H,30,33)(H,31,32). The molecular formula is C22H20F6N4O2S. The Morgan fingerprint density at radius 1 is 1.03 bits per heavy atom. The second-order valence-corrected chi connectivity index (χ2v) is 8.17. The smallest absolute Gasteiger partial charge is 0.433 e. The Morgan fingerprint density at radius 3 is 2.40 bits per heavy atom. The van der Waals surface area contributed by atoms with Gasteiger partial charge in [-0.15, -0.1) is 11.3 Å². The van der Waals surface area contributed by atoms with Gasteiger partial charge < -0.3 is 15.4 Å². The van der Waals surface area contributed by atoms with E-state index >= 15 is 0 Å². The quantitative estimate of drug-likeness (QED) is 0.233. The van der Waals surface area contributed by atoms with Crippen molar-refractivity contribution in [3.05, 3.63) is 58.9 Å². The van der Waals surface area contributed by atoms with Gasteiger partial charge in [-0.05, 0) is 36.8 Å². The van der Waals surface area contributed by atoms with Crippen molar-refractivity contribution in [2.24, 2.45) is 0 Å². The molecule has 188 valence electrons. The molecule has 0 spiro atoms. The molecule has 2 heterocycles. The Labute approximate surface area is 200 Å². The molecule has 0 radical (unpaired) electrons. The van der Waals surface area contributed by atoms with Crippen LogP contribution in [0.25, 0.3) is 0 Å². The van der Waals surface area contributed by atoms with E-state index in [4.69, 9.17) is 4.74 Å². The molecule has 35 heavy (non-hydrogen) atoms. The number of amides is 1. The zero-order chi connectivity index (χ0) is 25.6. The lowest BCUT2D eigenvalue weighted by atomic mass is 10.1. The maximum Gasteiger partial charge on any atom is 0.433 e. The largest absolute Gasteiger partial charge is 0.493 e. The molecule has 3 rings (SSSR count). The lowest BCUT2D eigenvalue weighted by molar-refractivity contribution is -0.141. The summed E-state index contributed by atoms with van der Waals surface area (Å²) in [6.45, 7) is 2.14. The predicted octanol–water partition coefficient (Wildman–Crippen LogP) is 7.14. The van der Waals surface area contributed by atoms with Gasteiger partial charge in [-0.25, -0.2) is 9.97 Å². The van der Waals surface area contributed by atoms with E-state index in [0.29, 0.717) is 6.42 Å². The molecule has 0 saturated carbocycles. The van der Waals surface area contributed by atoms with Crippen molar-refractivity contribution < 1.29 is 35.9 Å². The first kappa shape index (κ1) is 26.3. The molecule has 0 unspecified atom stereocenters. The Morgan fingerprint density at radius 2 is 1.77 bits per heavy atom. The summed E-state index contributed by atoms with van der Waals surface area (Å²) in [5.41, 5.74) is -2.01. The van der Waals surface area contributed by atoms with E-state index in [1.165, 1.54) is 17.5 Å². The number of rotatable bonds is 9. The van der Waals surface area contributed by atoms with Crippen LogP contribution < -0.4 is 15.4 Å². The summed E-state index contributed by atoms with van der Waals surface area (Å²) in [7, 11) is 0. The summed E-state index contributed by atoms with van der Waals surface area (Å²) in [5, 5.41) is 6.58. The SMILES string of the molecule is CCCCCOc1ccc(Nc2nc(C(=O)Nc3ccc(C(F)(F)F)nc3)cs2)cc1C(F)(F)F.